The molecule has 1 heteroatoms. The Labute approximate surface area is 160 Å². The van der Waals surface area contributed by atoms with Crippen LogP contribution in [-0.4, -0.2) is 8.07 Å². The molecule has 0 saturated heterocycles. The summed E-state index contributed by atoms with van der Waals surface area (Å²) in [6.07, 6.45) is 3.45. The molecule has 1 aliphatic rings. The predicted molar refractivity (Wildman–Crippen MR) is 122 cm³/mol. The minimum Gasteiger partial charge on any atom is -0.0919 e. The van der Waals surface area contributed by atoms with Gasteiger partial charge < -0.3 is 0 Å². The largest absolute Gasteiger partial charge is 0.0919 e. The number of rotatable bonds is 1. The van der Waals surface area contributed by atoms with E-state index < -0.39 is 8.07 Å². The molecule has 0 aliphatic heterocycles. The molecular formula is C26H22Si. The van der Waals surface area contributed by atoms with Crippen molar-refractivity contribution >= 4 is 58.2 Å². The maximum Gasteiger partial charge on any atom is 0.0783 e. The Morgan fingerprint density at radius 3 is 2.22 bits per heavy atom. The average molecular weight is 363 g/mol. The molecule has 0 spiro atoms. The van der Waals surface area contributed by atoms with Gasteiger partial charge >= 0.3 is 0 Å². The summed E-state index contributed by atoms with van der Waals surface area (Å²) >= 11 is 0. The molecule has 27 heavy (non-hydrogen) atoms. The molecular weight excluding hydrogens is 340 g/mol. The van der Waals surface area contributed by atoms with Crippen LogP contribution in [0.3, 0.4) is 0 Å². The molecule has 5 aromatic carbocycles. The number of hydrogen-bond donors (Lipinski definition) is 0. The van der Waals surface area contributed by atoms with E-state index in [9.17, 15) is 0 Å². The number of hydrogen-bond acceptors (Lipinski definition) is 0. The first-order valence-corrected chi connectivity index (χ1v) is 13.3. The van der Waals surface area contributed by atoms with Gasteiger partial charge in [0.05, 0.1) is 8.07 Å². The molecule has 0 saturated carbocycles. The molecule has 130 valence electrons. The Hall–Kier alpha value is -2.64. The Kier molecular flexibility index (Phi) is 2.74. The van der Waals surface area contributed by atoms with Gasteiger partial charge in [-0.05, 0) is 90.1 Å². The quantitative estimate of drug-likeness (QED) is 0.372. The Bertz CT molecular complexity index is 1480. The summed E-state index contributed by atoms with van der Waals surface area (Å²) in [6, 6.07) is 18.4. The lowest BCUT2D eigenvalue weighted by atomic mass is 9.81. The van der Waals surface area contributed by atoms with Crippen molar-refractivity contribution in [3.8, 4) is 0 Å². The normalized spacial score (nSPS) is 14.0. The van der Waals surface area contributed by atoms with Crippen LogP contribution in [0.15, 0.2) is 48.5 Å². The Morgan fingerprint density at radius 1 is 0.778 bits per heavy atom. The molecule has 5 aromatic rings. The Balaban J connectivity index is 1.64. The first-order valence-electron chi connectivity index (χ1n) is 9.77. The maximum absolute atomic E-state index is 4.36. The molecule has 0 atom stereocenters. The Morgan fingerprint density at radius 2 is 1.44 bits per heavy atom. The second-order valence-electron chi connectivity index (χ2n) is 9.16. The van der Waals surface area contributed by atoms with Crippen LogP contribution in [-0.2, 0) is 6.42 Å². The van der Waals surface area contributed by atoms with Crippen molar-refractivity contribution < 1.29 is 0 Å². The minimum atomic E-state index is -1.38. The van der Waals surface area contributed by atoms with Gasteiger partial charge in [-0.15, -0.1) is 0 Å². The highest BCUT2D eigenvalue weighted by Gasteiger charge is 2.23. The van der Waals surface area contributed by atoms with Crippen LogP contribution in [0, 0.1) is 0 Å². The molecule has 0 amide bonds. The molecule has 0 fully saturated rings. The van der Waals surface area contributed by atoms with Crippen molar-refractivity contribution in [2.75, 3.05) is 0 Å². The lowest BCUT2D eigenvalue weighted by molar-refractivity contribution is 1.16. The summed E-state index contributed by atoms with van der Waals surface area (Å²) in [7, 11) is -1.38. The predicted octanol–water partition coefficient (Wildman–Crippen LogP) is 4.71. The van der Waals surface area contributed by atoms with Gasteiger partial charge in [-0.25, -0.2) is 0 Å². The van der Waals surface area contributed by atoms with E-state index in [0.717, 1.165) is 6.42 Å². The van der Waals surface area contributed by atoms with Crippen molar-refractivity contribution in [2.24, 2.45) is 0 Å². The van der Waals surface area contributed by atoms with E-state index in [0.29, 0.717) is 0 Å². The smallest absolute Gasteiger partial charge is 0.0783 e. The fourth-order valence-electron chi connectivity index (χ4n) is 5.03. The number of fused-ring (bicyclic) bond motifs is 9. The molecule has 0 unspecified atom stereocenters. The van der Waals surface area contributed by atoms with Crippen LogP contribution < -0.4 is 15.6 Å². The van der Waals surface area contributed by atoms with Crippen molar-refractivity contribution in [1.29, 1.82) is 0 Å². The highest BCUT2D eigenvalue weighted by Crippen LogP contribution is 2.39. The number of benzene rings is 3. The van der Waals surface area contributed by atoms with Gasteiger partial charge in [0.1, 0.15) is 0 Å². The summed E-state index contributed by atoms with van der Waals surface area (Å²) in [5.41, 5.74) is 4.35. The lowest BCUT2D eigenvalue weighted by Crippen LogP contribution is -2.46. The topological polar surface area (TPSA) is 0 Å². The van der Waals surface area contributed by atoms with Gasteiger partial charge in [0, 0.05) is 0 Å². The first kappa shape index (κ1) is 15.4. The van der Waals surface area contributed by atoms with Gasteiger partial charge in [-0.1, -0.05) is 61.7 Å². The first-order chi connectivity index (χ1) is 12.9. The van der Waals surface area contributed by atoms with Crippen LogP contribution in [0.1, 0.15) is 16.7 Å². The molecule has 6 rings (SSSR count). The maximum atomic E-state index is 4.36. The summed E-state index contributed by atoms with van der Waals surface area (Å²) in [6.45, 7) is 11.6. The van der Waals surface area contributed by atoms with E-state index in [1.54, 1.807) is 0 Å². The molecule has 0 aromatic heterocycles. The van der Waals surface area contributed by atoms with Crippen molar-refractivity contribution in [1.82, 2.24) is 0 Å². The minimum absolute atomic E-state index is 1.07. The third kappa shape index (κ3) is 1.93. The van der Waals surface area contributed by atoms with Crippen molar-refractivity contribution in [3.05, 3.63) is 75.7 Å². The monoisotopic (exact) mass is 362 g/mol. The second kappa shape index (κ2) is 4.79. The van der Waals surface area contributed by atoms with Gasteiger partial charge in [0.25, 0.3) is 0 Å². The van der Waals surface area contributed by atoms with E-state index in [1.165, 1.54) is 64.6 Å². The summed E-state index contributed by atoms with van der Waals surface area (Å²) < 4.78 is 0. The average Bonchev–Trinajstić information content (AvgIpc) is 2.62. The van der Waals surface area contributed by atoms with E-state index in [4.69, 9.17) is 0 Å². The van der Waals surface area contributed by atoms with Crippen LogP contribution in [0.2, 0.25) is 19.6 Å². The van der Waals surface area contributed by atoms with Gasteiger partial charge in [0.15, 0.2) is 0 Å². The standard InChI is InChI=1S/C26H22Si/c1-15-9-18-21-12-22-19-10-16-7-5-6-8-17(16)11-20(19)23(22)13-24(21)25(18)14-26(15)27(2,3)4/h5-9,11-14H,1,10H2,2-4H3. The highest BCUT2D eigenvalue weighted by atomic mass is 28.3. The summed E-state index contributed by atoms with van der Waals surface area (Å²) in [5, 5.41) is 12.8. The van der Waals surface area contributed by atoms with Gasteiger partial charge in [-0.2, -0.15) is 0 Å². The molecule has 0 N–H and O–H groups in total. The van der Waals surface area contributed by atoms with E-state index in [-0.39, 0.29) is 0 Å². The fourth-order valence-corrected chi connectivity index (χ4v) is 6.64. The zero-order valence-corrected chi connectivity index (χ0v) is 17.1. The fraction of sp³-hybridized carbons (Fsp3) is 0.154. The molecule has 0 bridgehead atoms. The van der Waals surface area contributed by atoms with Gasteiger partial charge in [0.2, 0.25) is 0 Å². The summed E-state index contributed by atoms with van der Waals surface area (Å²) in [4.78, 5) is 0. The zero-order chi connectivity index (χ0) is 18.5. The van der Waals surface area contributed by atoms with Crippen LogP contribution in [0.4, 0.5) is 0 Å². The van der Waals surface area contributed by atoms with Crippen LogP contribution in [0.25, 0.3) is 45.0 Å². The van der Waals surface area contributed by atoms with Crippen LogP contribution >= 0.6 is 0 Å². The van der Waals surface area contributed by atoms with E-state index in [2.05, 4.69) is 80.8 Å². The van der Waals surface area contributed by atoms with E-state index >= 15 is 0 Å². The molecule has 0 nitrogen and oxygen atoms in total. The molecule has 0 heterocycles. The third-order valence-electron chi connectivity index (χ3n) is 6.45. The third-order valence-corrected chi connectivity index (χ3v) is 8.53. The van der Waals surface area contributed by atoms with Gasteiger partial charge in [-0.3, -0.25) is 0 Å². The second-order valence-corrected chi connectivity index (χ2v) is 14.2. The molecule has 1 aliphatic carbocycles. The SMILES string of the molecule is C=c1cc2c(cc1[Si](C)(C)C)c1cc3c4c(c3cc21)Cc1ccccc1C=4. The summed E-state index contributed by atoms with van der Waals surface area (Å²) in [5.74, 6) is 0. The van der Waals surface area contributed by atoms with Crippen LogP contribution in [0.5, 0.6) is 0 Å². The van der Waals surface area contributed by atoms with Crippen molar-refractivity contribution in [2.45, 2.75) is 26.1 Å². The van der Waals surface area contributed by atoms with E-state index in [1.807, 2.05) is 0 Å². The molecule has 0 radical (unpaired) electrons. The highest BCUT2D eigenvalue weighted by molar-refractivity contribution is 6.88. The lowest BCUT2D eigenvalue weighted by Gasteiger charge is -2.24. The zero-order valence-electron chi connectivity index (χ0n) is 16.1. The van der Waals surface area contributed by atoms with Crippen molar-refractivity contribution in [3.63, 3.8) is 0 Å².